The molecule has 1 N–H and O–H groups in total. The Labute approximate surface area is 208 Å². The second-order valence-corrected chi connectivity index (χ2v) is 9.14. The molecule has 2 aliphatic rings. The third-order valence-corrected chi connectivity index (χ3v) is 6.93. The van der Waals surface area contributed by atoms with Crippen LogP contribution >= 0.6 is 12.4 Å². The summed E-state index contributed by atoms with van der Waals surface area (Å²) < 4.78 is 23.4. The molecule has 1 saturated carbocycles. The molecule has 1 saturated heterocycles. The molecule has 10 heteroatoms. The van der Waals surface area contributed by atoms with E-state index >= 15 is 0 Å². The summed E-state index contributed by atoms with van der Waals surface area (Å²) in [6.45, 7) is 1.35. The van der Waals surface area contributed by atoms with E-state index in [0.717, 1.165) is 49.4 Å². The summed E-state index contributed by atoms with van der Waals surface area (Å²) >= 11 is 0. The number of fused-ring (bicyclic) bond motifs is 1. The molecule has 0 atom stereocenters. The van der Waals surface area contributed by atoms with E-state index in [0.29, 0.717) is 18.2 Å². The van der Waals surface area contributed by atoms with Gasteiger partial charge in [0.2, 0.25) is 0 Å². The summed E-state index contributed by atoms with van der Waals surface area (Å²) in [6, 6.07) is 12.3. The third kappa shape index (κ3) is 4.43. The number of imidazole rings is 1. The topological polar surface area (TPSA) is 76.7 Å². The average molecular weight is 497 g/mol. The number of anilines is 2. The van der Waals surface area contributed by atoms with Crippen molar-refractivity contribution in [1.82, 2.24) is 19.2 Å². The van der Waals surface area contributed by atoms with Crippen molar-refractivity contribution in [2.24, 2.45) is 5.92 Å². The summed E-state index contributed by atoms with van der Waals surface area (Å²) in [6.07, 6.45) is 10.6. The van der Waals surface area contributed by atoms with E-state index in [1.54, 1.807) is 40.2 Å². The van der Waals surface area contributed by atoms with Gasteiger partial charge in [0, 0.05) is 37.4 Å². The van der Waals surface area contributed by atoms with Crippen LogP contribution in [-0.4, -0.2) is 43.9 Å². The molecule has 2 fully saturated rings. The zero-order valence-corrected chi connectivity index (χ0v) is 19.8. The number of aromatic nitrogens is 4. The van der Waals surface area contributed by atoms with Crippen molar-refractivity contribution < 1.29 is 13.9 Å². The zero-order valence-electron chi connectivity index (χ0n) is 19.0. The number of halogens is 2. The standard InChI is InChI=1S/C25H25FN6O2.ClH/c26-20-3-1-2-4-21(20)32-13-9-22(29-32)28-15-18-7-10-25(11-8-18)17-31(24(33)34-25)19-5-6-23-27-12-14-30(23)16-19;/h1-6,9,12-14,16,18H,7-8,10-11,15,17H2,(H,28,29);1H. The molecule has 1 aliphatic heterocycles. The van der Waals surface area contributed by atoms with Crippen LogP contribution in [-0.2, 0) is 4.74 Å². The zero-order chi connectivity index (χ0) is 23.1. The Balaban J connectivity index is 0.00000253. The molecule has 6 rings (SSSR count). The first kappa shape index (κ1) is 23.2. The van der Waals surface area contributed by atoms with Gasteiger partial charge < -0.3 is 14.5 Å². The monoisotopic (exact) mass is 496 g/mol. The van der Waals surface area contributed by atoms with Gasteiger partial charge in [-0.2, -0.15) is 5.10 Å². The second kappa shape index (κ2) is 9.22. The van der Waals surface area contributed by atoms with E-state index in [2.05, 4.69) is 15.4 Å². The fourth-order valence-corrected chi connectivity index (χ4v) is 5.00. The molecule has 0 radical (unpaired) electrons. The summed E-state index contributed by atoms with van der Waals surface area (Å²) in [7, 11) is 0. The average Bonchev–Trinajstić information content (AvgIpc) is 3.58. The molecule has 8 nitrogen and oxygen atoms in total. The van der Waals surface area contributed by atoms with Crippen molar-refractivity contribution in [3.05, 3.63) is 73.1 Å². The fraction of sp³-hybridized carbons (Fsp3) is 0.320. The first-order chi connectivity index (χ1) is 16.6. The lowest BCUT2D eigenvalue weighted by Gasteiger charge is -2.35. The lowest BCUT2D eigenvalue weighted by molar-refractivity contribution is 0.0148. The van der Waals surface area contributed by atoms with Crippen LogP contribution in [0.5, 0.6) is 0 Å². The van der Waals surface area contributed by atoms with Crippen molar-refractivity contribution in [1.29, 1.82) is 0 Å². The fourth-order valence-electron chi connectivity index (χ4n) is 5.00. The van der Waals surface area contributed by atoms with Gasteiger partial charge in [0.25, 0.3) is 0 Å². The Kier molecular flexibility index (Phi) is 6.10. The Hall–Kier alpha value is -3.59. The number of carbonyl (C=O) groups excluding carboxylic acids is 1. The van der Waals surface area contributed by atoms with Gasteiger partial charge in [-0.05, 0) is 55.9 Å². The largest absolute Gasteiger partial charge is 0.441 e. The molecule has 1 spiro atoms. The van der Waals surface area contributed by atoms with Gasteiger partial charge in [0.1, 0.15) is 28.6 Å². The number of hydrogen-bond acceptors (Lipinski definition) is 5. The van der Waals surface area contributed by atoms with Gasteiger partial charge in [-0.25, -0.2) is 18.9 Å². The minimum Gasteiger partial charge on any atom is -0.441 e. The van der Waals surface area contributed by atoms with Crippen LogP contribution in [0.2, 0.25) is 0 Å². The van der Waals surface area contributed by atoms with Crippen molar-refractivity contribution in [2.45, 2.75) is 31.3 Å². The number of ether oxygens (including phenoxy) is 1. The number of nitrogens with zero attached hydrogens (tertiary/aromatic N) is 5. The van der Waals surface area contributed by atoms with E-state index in [1.165, 1.54) is 6.07 Å². The van der Waals surface area contributed by atoms with Gasteiger partial charge in [-0.3, -0.25) is 4.90 Å². The quantitative estimate of drug-likeness (QED) is 0.417. The minimum atomic E-state index is -0.427. The molecule has 182 valence electrons. The lowest BCUT2D eigenvalue weighted by Crippen LogP contribution is -2.39. The van der Waals surface area contributed by atoms with Crippen LogP contribution in [0.15, 0.2) is 67.3 Å². The number of hydrogen-bond donors (Lipinski definition) is 1. The Morgan fingerprint density at radius 3 is 2.77 bits per heavy atom. The number of nitrogens with one attached hydrogen (secondary N) is 1. The Bertz CT molecular complexity index is 1350. The maximum absolute atomic E-state index is 14.0. The molecule has 0 unspecified atom stereocenters. The molecule has 0 bridgehead atoms. The van der Waals surface area contributed by atoms with E-state index in [9.17, 15) is 9.18 Å². The summed E-state index contributed by atoms with van der Waals surface area (Å²) in [4.78, 5) is 18.7. The van der Waals surface area contributed by atoms with Crippen molar-refractivity contribution in [3.8, 4) is 5.69 Å². The van der Waals surface area contributed by atoms with Crippen LogP contribution in [0.4, 0.5) is 20.7 Å². The van der Waals surface area contributed by atoms with E-state index in [4.69, 9.17) is 4.74 Å². The summed E-state index contributed by atoms with van der Waals surface area (Å²) in [5.41, 5.74) is 1.67. The highest BCUT2D eigenvalue weighted by molar-refractivity contribution is 5.90. The van der Waals surface area contributed by atoms with E-state index in [1.807, 2.05) is 35.0 Å². The first-order valence-electron chi connectivity index (χ1n) is 11.6. The molecule has 4 heterocycles. The minimum absolute atomic E-state index is 0. The maximum atomic E-state index is 14.0. The highest BCUT2D eigenvalue weighted by atomic mass is 35.5. The second-order valence-electron chi connectivity index (χ2n) is 9.14. The molecule has 3 aromatic heterocycles. The van der Waals surface area contributed by atoms with Crippen molar-refractivity contribution >= 4 is 35.7 Å². The van der Waals surface area contributed by atoms with E-state index in [-0.39, 0.29) is 24.3 Å². The van der Waals surface area contributed by atoms with Crippen LogP contribution < -0.4 is 10.2 Å². The number of amides is 1. The smallest absolute Gasteiger partial charge is 0.415 e. The summed E-state index contributed by atoms with van der Waals surface area (Å²) in [5, 5.41) is 7.83. The van der Waals surface area contributed by atoms with Crippen LogP contribution in [0.1, 0.15) is 25.7 Å². The van der Waals surface area contributed by atoms with Gasteiger partial charge in [-0.15, -0.1) is 12.4 Å². The molecule has 1 aromatic carbocycles. The number of benzene rings is 1. The predicted molar refractivity (Wildman–Crippen MR) is 133 cm³/mol. The molecule has 1 amide bonds. The third-order valence-electron chi connectivity index (χ3n) is 6.93. The number of rotatable bonds is 5. The van der Waals surface area contributed by atoms with E-state index < -0.39 is 5.60 Å². The Morgan fingerprint density at radius 1 is 1.11 bits per heavy atom. The maximum Gasteiger partial charge on any atom is 0.415 e. The highest BCUT2D eigenvalue weighted by Crippen LogP contribution is 2.40. The number of para-hydroxylation sites is 1. The SMILES string of the molecule is Cl.O=C1OC2(CCC(CNc3ccn(-c4ccccc4F)n3)CC2)CN1c1ccc2nccn2c1. The van der Waals surface area contributed by atoms with Crippen LogP contribution in [0.25, 0.3) is 11.3 Å². The van der Waals surface area contributed by atoms with Gasteiger partial charge in [-0.1, -0.05) is 12.1 Å². The van der Waals surface area contributed by atoms with Crippen LogP contribution in [0, 0.1) is 11.7 Å². The number of carbonyl (C=O) groups is 1. The molecule has 35 heavy (non-hydrogen) atoms. The van der Waals surface area contributed by atoms with Crippen molar-refractivity contribution in [3.63, 3.8) is 0 Å². The Morgan fingerprint density at radius 2 is 1.94 bits per heavy atom. The molecular formula is C25H26ClFN6O2. The highest BCUT2D eigenvalue weighted by Gasteiger charge is 2.47. The van der Waals surface area contributed by atoms with Crippen molar-refractivity contribution in [2.75, 3.05) is 23.3 Å². The molecule has 1 aliphatic carbocycles. The van der Waals surface area contributed by atoms with Crippen LogP contribution in [0.3, 0.4) is 0 Å². The van der Waals surface area contributed by atoms with Gasteiger partial charge in [0.05, 0.1) is 12.2 Å². The summed E-state index contributed by atoms with van der Waals surface area (Å²) in [5.74, 6) is 0.871. The molecule has 4 aromatic rings. The first-order valence-corrected chi connectivity index (χ1v) is 11.6. The van der Waals surface area contributed by atoms with Gasteiger partial charge in [0.15, 0.2) is 0 Å². The predicted octanol–water partition coefficient (Wildman–Crippen LogP) is 5.08. The van der Waals surface area contributed by atoms with Gasteiger partial charge >= 0.3 is 6.09 Å². The molecular weight excluding hydrogens is 471 g/mol. The lowest BCUT2D eigenvalue weighted by atomic mass is 9.78. The normalized spacial score (nSPS) is 21.8. The number of pyridine rings is 1.